The van der Waals surface area contributed by atoms with Crippen LogP contribution in [0.2, 0.25) is 0 Å². The van der Waals surface area contributed by atoms with Crippen LogP contribution in [0.25, 0.3) is 0 Å². The summed E-state index contributed by atoms with van der Waals surface area (Å²) < 4.78 is 5.84. The summed E-state index contributed by atoms with van der Waals surface area (Å²) in [5, 5.41) is 0. The molecule has 4 nitrogen and oxygen atoms in total. The van der Waals surface area contributed by atoms with Gasteiger partial charge in [0, 0.05) is 18.7 Å². The Morgan fingerprint density at radius 3 is 2.55 bits per heavy atom. The first kappa shape index (κ1) is 15.3. The van der Waals surface area contributed by atoms with Gasteiger partial charge in [-0.05, 0) is 37.0 Å². The molecular formula is C15H21ClN2O2. The summed E-state index contributed by atoms with van der Waals surface area (Å²) >= 11 is 0. The molecule has 0 radical (unpaired) electrons. The van der Waals surface area contributed by atoms with Crippen LogP contribution in [-0.4, -0.2) is 36.1 Å². The highest BCUT2D eigenvalue weighted by atomic mass is 35.5. The van der Waals surface area contributed by atoms with E-state index in [0.717, 1.165) is 30.5 Å². The fraction of sp³-hybridized carbons (Fsp3) is 0.533. The summed E-state index contributed by atoms with van der Waals surface area (Å²) in [6.07, 6.45) is 3.39. The molecule has 0 atom stereocenters. The van der Waals surface area contributed by atoms with Crippen molar-refractivity contribution in [1.29, 1.82) is 0 Å². The molecule has 1 aromatic carbocycles. The van der Waals surface area contributed by atoms with Crippen molar-refractivity contribution in [3.8, 4) is 0 Å². The first-order chi connectivity index (χ1) is 9.22. The van der Waals surface area contributed by atoms with Crippen LogP contribution >= 0.6 is 12.4 Å². The van der Waals surface area contributed by atoms with E-state index in [0.29, 0.717) is 19.7 Å². The van der Waals surface area contributed by atoms with Crippen LogP contribution in [0, 0.1) is 0 Å². The summed E-state index contributed by atoms with van der Waals surface area (Å²) in [4.78, 5) is 14.4. The molecule has 1 aliphatic heterocycles. The molecule has 110 valence electrons. The number of rotatable bonds is 2. The second-order valence-electron chi connectivity index (χ2n) is 5.51. The highest BCUT2D eigenvalue weighted by molar-refractivity contribution is 5.94. The van der Waals surface area contributed by atoms with Gasteiger partial charge in [-0.2, -0.15) is 0 Å². The topological polar surface area (TPSA) is 55.6 Å². The number of nitrogens with zero attached hydrogens (tertiary/aromatic N) is 1. The lowest BCUT2D eigenvalue weighted by atomic mass is 9.79. The Kier molecular flexibility index (Phi) is 4.68. The molecule has 1 amide bonds. The Hall–Kier alpha value is -1.10. The average molecular weight is 297 g/mol. The van der Waals surface area contributed by atoms with Crippen molar-refractivity contribution in [2.45, 2.75) is 31.4 Å². The van der Waals surface area contributed by atoms with Crippen LogP contribution in [0.15, 0.2) is 24.3 Å². The van der Waals surface area contributed by atoms with Gasteiger partial charge in [0.25, 0.3) is 5.91 Å². The Morgan fingerprint density at radius 2 is 2.00 bits per heavy atom. The zero-order chi connectivity index (χ0) is 13.3. The van der Waals surface area contributed by atoms with Gasteiger partial charge in [0.15, 0.2) is 0 Å². The molecule has 1 saturated carbocycles. The van der Waals surface area contributed by atoms with E-state index in [-0.39, 0.29) is 23.9 Å². The largest absolute Gasteiger partial charge is 0.371 e. The van der Waals surface area contributed by atoms with E-state index in [1.54, 1.807) is 0 Å². The van der Waals surface area contributed by atoms with E-state index in [9.17, 15) is 4.79 Å². The second kappa shape index (κ2) is 6.12. The molecule has 1 saturated heterocycles. The molecule has 2 fully saturated rings. The average Bonchev–Trinajstić information content (AvgIpc) is 2.45. The van der Waals surface area contributed by atoms with Gasteiger partial charge in [0.1, 0.15) is 0 Å². The number of hydrogen-bond acceptors (Lipinski definition) is 3. The summed E-state index contributed by atoms with van der Waals surface area (Å²) in [5.74, 6) is 0.109. The van der Waals surface area contributed by atoms with Crippen LogP contribution in [0.1, 0.15) is 35.2 Å². The third kappa shape index (κ3) is 2.82. The first-order valence-corrected chi connectivity index (χ1v) is 6.95. The smallest absolute Gasteiger partial charge is 0.254 e. The van der Waals surface area contributed by atoms with Gasteiger partial charge in [-0.25, -0.2) is 0 Å². The molecule has 2 aliphatic rings. The van der Waals surface area contributed by atoms with Crippen molar-refractivity contribution in [1.82, 2.24) is 4.90 Å². The van der Waals surface area contributed by atoms with E-state index >= 15 is 0 Å². The minimum atomic E-state index is -0.0366. The maximum atomic E-state index is 12.5. The number of morpholine rings is 1. The molecule has 1 aromatic rings. The molecule has 5 heteroatoms. The highest BCUT2D eigenvalue weighted by Crippen LogP contribution is 2.38. The SMILES string of the molecule is Cl.NCc1ccc(C(=O)N2CCOC3(CCC3)C2)cc1. The zero-order valence-corrected chi connectivity index (χ0v) is 12.3. The maximum Gasteiger partial charge on any atom is 0.254 e. The predicted molar refractivity (Wildman–Crippen MR) is 80.0 cm³/mol. The first-order valence-electron chi connectivity index (χ1n) is 6.95. The lowest BCUT2D eigenvalue weighted by molar-refractivity contribution is -0.142. The molecule has 0 aromatic heterocycles. The van der Waals surface area contributed by atoms with Crippen LogP contribution in [0.4, 0.5) is 0 Å². The number of amides is 1. The fourth-order valence-corrected chi connectivity index (χ4v) is 2.86. The lowest BCUT2D eigenvalue weighted by Crippen LogP contribution is -2.57. The Morgan fingerprint density at radius 1 is 1.30 bits per heavy atom. The van der Waals surface area contributed by atoms with Crippen molar-refractivity contribution < 1.29 is 9.53 Å². The quantitative estimate of drug-likeness (QED) is 0.908. The van der Waals surface area contributed by atoms with E-state index in [1.165, 1.54) is 6.42 Å². The Labute approximate surface area is 125 Å². The molecule has 3 rings (SSSR count). The number of nitrogens with two attached hydrogens (primary N) is 1. The fourth-order valence-electron chi connectivity index (χ4n) is 2.86. The van der Waals surface area contributed by atoms with Crippen molar-refractivity contribution in [2.24, 2.45) is 5.73 Å². The number of ether oxygens (including phenoxy) is 1. The molecule has 20 heavy (non-hydrogen) atoms. The molecule has 2 N–H and O–H groups in total. The molecule has 0 unspecified atom stereocenters. The molecular weight excluding hydrogens is 276 g/mol. The van der Waals surface area contributed by atoms with Crippen LogP contribution in [0.5, 0.6) is 0 Å². The van der Waals surface area contributed by atoms with Crippen LogP contribution in [-0.2, 0) is 11.3 Å². The van der Waals surface area contributed by atoms with Crippen molar-refractivity contribution in [3.05, 3.63) is 35.4 Å². The zero-order valence-electron chi connectivity index (χ0n) is 11.5. The predicted octanol–water partition coefficient (Wildman–Crippen LogP) is 1.96. The van der Waals surface area contributed by atoms with Crippen molar-refractivity contribution >= 4 is 18.3 Å². The third-order valence-electron chi connectivity index (χ3n) is 4.24. The highest BCUT2D eigenvalue weighted by Gasteiger charge is 2.43. The van der Waals surface area contributed by atoms with Gasteiger partial charge in [-0.15, -0.1) is 12.4 Å². The molecule has 1 aliphatic carbocycles. The minimum Gasteiger partial charge on any atom is -0.371 e. The normalized spacial score (nSPS) is 20.1. The van der Waals surface area contributed by atoms with Gasteiger partial charge in [0.05, 0.1) is 18.8 Å². The summed E-state index contributed by atoms with van der Waals surface area (Å²) in [6, 6.07) is 7.58. The lowest BCUT2D eigenvalue weighted by Gasteiger charge is -2.48. The van der Waals surface area contributed by atoms with Gasteiger partial charge in [0.2, 0.25) is 0 Å². The second-order valence-corrected chi connectivity index (χ2v) is 5.51. The molecule has 1 spiro atoms. The van der Waals surface area contributed by atoms with Crippen molar-refractivity contribution in [2.75, 3.05) is 19.7 Å². The maximum absolute atomic E-state index is 12.5. The number of benzene rings is 1. The summed E-state index contributed by atoms with van der Waals surface area (Å²) in [7, 11) is 0. The number of carbonyl (C=O) groups excluding carboxylic acids is 1. The summed E-state index contributed by atoms with van der Waals surface area (Å²) in [6.45, 7) is 2.60. The number of carbonyl (C=O) groups is 1. The monoisotopic (exact) mass is 296 g/mol. The minimum absolute atomic E-state index is 0. The van der Waals surface area contributed by atoms with E-state index in [4.69, 9.17) is 10.5 Å². The van der Waals surface area contributed by atoms with Crippen LogP contribution < -0.4 is 5.73 Å². The van der Waals surface area contributed by atoms with Gasteiger partial charge in [-0.1, -0.05) is 12.1 Å². The summed E-state index contributed by atoms with van der Waals surface area (Å²) in [5.41, 5.74) is 7.33. The number of halogens is 1. The van der Waals surface area contributed by atoms with Gasteiger partial charge < -0.3 is 15.4 Å². The molecule has 0 bridgehead atoms. The van der Waals surface area contributed by atoms with E-state index in [1.807, 2.05) is 29.2 Å². The third-order valence-corrected chi connectivity index (χ3v) is 4.24. The Balaban J connectivity index is 0.00000147. The van der Waals surface area contributed by atoms with Gasteiger partial charge in [-0.3, -0.25) is 4.79 Å². The van der Waals surface area contributed by atoms with E-state index < -0.39 is 0 Å². The van der Waals surface area contributed by atoms with Gasteiger partial charge >= 0.3 is 0 Å². The van der Waals surface area contributed by atoms with Crippen molar-refractivity contribution in [3.63, 3.8) is 0 Å². The molecule has 1 heterocycles. The Bertz CT molecular complexity index is 471. The standard InChI is InChI=1S/C15H20N2O2.ClH/c16-10-12-2-4-13(5-3-12)14(18)17-8-9-19-15(11-17)6-1-7-15;/h2-5H,1,6-11,16H2;1H. The van der Waals surface area contributed by atoms with E-state index in [2.05, 4.69) is 0 Å². The van der Waals surface area contributed by atoms with Crippen LogP contribution in [0.3, 0.4) is 0 Å². The number of hydrogen-bond donors (Lipinski definition) is 1.